The van der Waals surface area contributed by atoms with Gasteiger partial charge in [-0.1, -0.05) is 49.4 Å². The first kappa shape index (κ1) is 24.6. The van der Waals surface area contributed by atoms with E-state index in [1.54, 1.807) is 14.2 Å². The molecule has 6 nitrogen and oxygen atoms in total. The number of rotatable bonds is 12. The zero-order chi connectivity index (χ0) is 23.6. The van der Waals surface area contributed by atoms with Crippen LogP contribution in [0.25, 0.3) is 0 Å². The van der Waals surface area contributed by atoms with Crippen LogP contribution in [0.4, 0.5) is 0 Å². The molecule has 0 heterocycles. The van der Waals surface area contributed by atoms with Gasteiger partial charge in [0.2, 0.25) is 0 Å². The number of hydrogen-bond donors (Lipinski definition) is 3. The highest BCUT2D eigenvalue weighted by atomic mass is 16.5. The van der Waals surface area contributed by atoms with Crippen LogP contribution in [0.2, 0.25) is 0 Å². The topological polar surface area (TPSA) is 86.0 Å². The van der Waals surface area contributed by atoms with Gasteiger partial charge in [-0.3, -0.25) is 5.73 Å². The van der Waals surface area contributed by atoms with Crippen molar-refractivity contribution in [2.45, 2.75) is 31.7 Å². The van der Waals surface area contributed by atoms with E-state index in [1.165, 1.54) is 0 Å². The summed E-state index contributed by atoms with van der Waals surface area (Å²) in [4.78, 5) is 0. The Kier molecular flexibility index (Phi) is 9.13. The van der Waals surface area contributed by atoms with Crippen molar-refractivity contribution >= 4 is 0 Å². The molecule has 0 aliphatic rings. The molecule has 0 radical (unpaired) electrons. The van der Waals surface area contributed by atoms with E-state index in [-0.39, 0.29) is 12.0 Å². The van der Waals surface area contributed by atoms with E-state index in [0.29, 0.717) is 18.7 Å². The second-order valence-electron chi connectivity index (χ2n) is 8.19. The van der Waals surface area contributed by atoms with Gasteiger partial charge in [-0.05, 0) is 66.4 Å². The molecule has 3 rings (SSSR count). The van der Waals surface area contributed by atoms with Gasteiger partial charge in [0.05, 0.1) is 20.3 Å². The highest BCUT2D eigenvalue weighted by Crippen LogP contribution is 2.26. The maximum absolute atomic E-state index is 10.6. The molecule has 0 aliphatic heterocycles. The molecular weight excluding hydrogens is 416 g/mol. The van der Waals surface area contributed by atoms with Gasteiger partial charge >= 0.3 is 0 Å². The van der Waals surface area contributed by atoms with Crippen LogP contribution in [0.5, 0.6) is 17.2 Å². The van der Waals surface area contributed by atoms with E-state index in [2.05, 4.69) is 36.5 Å². The first-order chi connectivity index (χ1) is 16.0. The number of para-hydroxylation sites is 1. The highest BCUT2D eigenvalue weighted by molar-refractivity contribution is 5.37. The second kappa shape index (κ2) is 12.3. The number of methoxy groups -OCH3 is 2. The number of aliphatic hydroxyl groups is 1. The van der Waals surface area contributed by atoms with Crippen molar-refractivity contribution < 1.29 is 19.3 Å². The molecule has 0 bridgehead atoms. The van der Waals surface area contributed by atoms with Gasteiger partial charge in [0.15, 0.2) is 6.23 Å². The molecule has 3 aromatic rings. The van der Waals surface area contributed by atoms with E-state index in [4.69, 9.17) is 19.9 Å². The maximum Gasteiger partial charge on any atom is 0.173 e. The molecule has 0 spiro atoms. The van der Waals surface area contributed by atoms with E-state index in [0.717, 1.165) is 22.6 Å². The second-order valence-corrected chi connectivity index (χ2v) is 8.19. The molecule has 3 atom stereocenters. The Bertz CT molecular complexity index is 901. The van der Waals surface area contributed by atoms with E-state index in [1.807, 2.05) is 54.6 Å². The summed E-state index contributed by atoms with van der Waals surface area (Å²) in [5.74, 6) is 2.45. The molecule has 3 aromatic carbocycles. The Hall–Kier alpha value is -3.06. The molecule has 6 heteroatoms. The zero-order valence-electron chi connectivity index (χ0n) is 19.5. The Morgan fingerprint density at radius 2 is 1.30 bits per heavy atom. The minimum Gasteiger partial charge on any atom is -0.497 e. The predicted molar refractivity (Wildman–Crippen MR) is 131 cm³/mol. The van der Waals surface area contributed by atoms with Crippen LogP contribution < -0.4 is 25.3 Å². The molecule has 33 heavy (non-hydrogen) atoms. The third-order valence-corrected chi connectivity index (χ3v) is 5.61. The van der Waals surface area contributed by atoms with Gasteiger partial charge < -0.3 is 24.6 Å². The highest BCUT2D eigenvalue weighted by Gasteiger charge is 2.21. The lowest BCUT2D eigenvalue weighted by molar-refractivity contribution is 0.0252. The maximum atomic E-state index is 10.6. The molecule has 0 fully saturated rings. The van der Waals surface area contributed by atoms with Gasteiger partial charge in [-0.2, -0.15) is 0 Å². The van der Waals surface area contributed by atoms with Crippen molar-refractivity contribution in [2.75, 3.05) is 20.8 Å². The third-order valence-electron chi connectivity index (χ3n) is 5.61. The summed E-state index contributed by atoms with van der Waals surface area (Å²) >= 11 is 0. The standard InChI is InChI=1S/C27H34N2O4/c1-19(17-25(30)27(28)33-24-7-5-4-6-8-24)18-29-26(20-9-13-22(31-2)14-10-20)21-11-15-23(32-3)16-12-21/h4-16,19,25-27,29-30H,17-18,28H2,1-3H3/t19-,25+,27?/m1/s1. The van der Waals surface area contributed by atoms with Gasteiger partial charge in [-0.15, -0.1) is 0 Å². The van der Waals surface area contributed by atoms with Crippen LogP contribution in [0, 0.1) is 5.92 Å². The van der Waals surface area contributed by atoms with Crippen molar-refractivity contribution in [3.05, 3.63) is 90.0 Å². The van der Waals surface area contributed by atoms with E-state index >= 15 is 0 Å². The number of aliphatic hydroxyl groups excluding tert-OH is 1. The Labute approximate surface area is 196 Å². The average Bonchev–Trinajstić information content (AvgIpc) is 2.85. The fraction of sp³-hybridized carbons (Fsp3) is 0.333. The summed E-state index contributed by atoms with van der Waals surface area (Å²) in [7, 11) is 3.32. The van der Waals surface area contributed by atoms with Crippen LogP contribution in [0.15, 0.2) is 78.9 Å². The SMILES string of the molecule is COc1ccc(C(NC[C@H](C)C[C@H](O)C(N)Oc2ccccc2)c2ccc(OC)cc2)cc1. The lowest BCUT2D eigenvalue weighted by atomic mass is 9.96. The van der Waals surface area contributed by atoms with Crippen molar-refractivity contribution in [1.82, 2.24) is 5.32 Å². The first-order valence-electron chi connectivity index (χ1n) is 11.2. The smallest absolute Gasteiger partial charge is 0.173 e. The minimum atomic E-state index is -0.783. The number of benzene rings is 3. The van der Waals surface area contributed by atoms with Crippen LogP contribution in [0.3, 0.4) is 0 Å². The largest absolute Gasteiger partial charge is 0.497 e. The molecule has 0 saturated carbocycles. The van der Waals surface area contributed by atoms with Gasteiger partial charge in [0.25, 0.3) is 0 Å². The van der Waals surface area contributed by atoms with Crippen molar-refractivity contribution in [2.24, 2.45) is 11.7 Å². The lowest BCUT2D eigenvalue weighted by Gasteiger charge is -2.26. The van der Waals surface area contributed by atoms with Crippen molar-refractivity contribution in [1.29, 1.82) is 0 Å². The third kappa shape index (κ3) is 7.22. The van der Waals surface area contributed by atoms with Gasteiger partial charge in [0, 0.05) is 0 Å². The summed E-state index contributed by atoms with van der Waals surface area (Å²) in [6.07, 6.45) is -1.05. The normalized spacial score (nSPS) is 13.9. The number of nitrogens with one attached hydrogen (secondary N) is 1. The molecule has 0 amide bonds. The lowest BCUT2D eigenvalue weighted by Crippen LogP contribution is -2.41. The predicted octanol–water partition coefficient (Wildman–Crippen LogP) is 4.13. The summed E-state index contributed by atoms with van der Waals surface area (Å²) in [5.41, 5.74) is 8.32. The van der Waals surface area contributed by atoms with Crippen LogP contribution in [-0.4, -0.2) is 38.2 Å². The molecule has 0 aliphatic carbocycles. The number of nitrogens with two attached hydrogens (primary N) is 1. The summed E-state index contributed by atoms with van der Waals surface area (Å²) in [6, 6.07) is 25.4. The Morgan fingerprint density at radius 1 is 0.788 bits per heavy atom. The summed E-state index contributed by atoms with van der Waals surface area (Å²) < 4.78 is 16.3. The van der Waals surface area contributed by atoms with Crippen molar-refractivity contribution in [3.8, 4) is 17.2 Å². The van der Waals surface area contributed by atoms with E-state index in [9.17, 15) is 5.11 Å². The molecule has 1 unspecified atom stereocenters. The Balaban J connectivity index is 1.63. The minimum absolute atomic E-state index is 0.0179. The Morgan fingerprint density at radius 3 is 1.79 bits per heavy atom. The number of hydrogen-bond acceptors (Lipinski definition) is 6. The zero-order valence-corrected chi connectivity index (χ0v) is 19.5. The van der Waals surface area contributed by atoms with Crippen LogP contribution in [-0.2, 0) is 0 Å². The fourth-order valence-electron chi connectivity index (χ4n) is 3.70. The quantitative estimate of drug-likeness (QED) is 0.360. The molecular formula is C27H34N2O4. The first-order valence-corrected chi connectivity index (χ1v) is 11.2. The monoisotopic (exact) mass is 450 g/mol. The molecule has 0 aromatic heterocycles. The summed E-state index contributed by atoms with van der Waals surface area (Å²) in [6.45, 7) is 2.78. The summed E-state index contributed by atoms with van der Waals surface area (Å²) in [5, 5.41) is 14.2. The van der Waals surface area contributed by atoms with Crippen LogP contribution in [0.1, 0.15) is 30.5 Å². The van der Waals surface area contributed by atoms with E-state index < -0.39 is 12.3 Å². The molecule has 176 valence electrons. The molecule has 0 saturated heterocycles. The van der Waals surface area contributed by atoms with Gasteiger partial charge in [0.1, 0.15) is 23.4 Å². The van der Waals surface area contributed by atoms with Crippen LogP contribution >= 0.6 is 0 Å². The van der Waals surface area contributed by atoms with Gasteiger partial charge in [-0.25, -0.2) is 0 Å². The fourth-order valence-corrected chi connectivity index (χ4v) is 3.70. The number of ether oxygens (including phenoxy) is 3. The van der Waals surface area contributed by atoms with Crippen molar-refractivity contribution in [3.63, 3.8) is 0 Å². The molecule has 4 N–H and O–H groups in total. The average molecular weight is 451 g/mol.